The number of hydrogen-bond donors (Lipinski definition) is 1. The van der Waals surface area contributed by atoms with Crippen molar-refractivity contribution in [1.82, 2.24) is 19.9 Å². The Morgan fingerprint density at radius 3 is 3.19 bits per heavy atom. The molecule has 2 heterocycles. The first-order chi connectivity index (χ1) is 7.70. The number of nitrogens with one attached hydrogen (secondary N) is 1. The summed E-state index contributed by atoms with van der Waals surface area (Å²) in [6, 6.07) is 0. The van der Waals surface area contributed by atoms with Gasteiger partial charge in [0, 0.05) is 0 Å². The third-order valence-electron chi connectivity index (χ3n) is 1.78. The lowest BCUT2D eigenvalue weighted by Crippen LogP contribution is -2.03. The molecule has 0 bridgehead atoms. The number of imidazole rings is 1. The van der Waals surface area contributed by atoms with Crippen LogP contribution in [0.1, 0.15) is 0 Å². The zero-order valence-corrected chi connectivity index (χ0v) is 9.80. The van der Waals surface area contributed by atoms with Gasteiger partial charge in [-0.05, 0) is 11.6 Å². The molecule has 0 atom stereocenters. The van der Waals surface area contributed by atoms with Crippen LogP contribution in [0.2, 0.25) is 5.28 Å². The maximum atomic E-state index is 11.0. The number of aromatic nitrogens is 4. The summed E-state index contributed by atoms with van der Waals surface area (Å²) < 4.78 is 4.53. The Morgan fingerprint density at radius 2 is 2.44 bits per heavy atom. The van der Waals surface area contributed by atoms with Crippen molar-refractivity contribution in [1.29, 1.82) is 0 Å². The molecule has 0 saturated heterocycles. The van der Waals surface area contributed by atoms with E-state index in [-0.39, 0.29) is 17.0 Å². The first-order valence-electron chi connectivity index (χ1n) is 4.27. The summed E-state index contributed by atoms with van der Waals surface area (Å²) in [7, 11) is 1.33. The van der Waals surface area contributed by atoms with E-state index in [4.69, 9.17) is 11.6 Å². The zero-order chi connectivity index (χ0) is 11.5. The third-order valence-corrected chi connectivity index (χ3v) is 2.90. The van der Waals surface area contributed by atoms with Crippen molar-refractivity contribution < 1.29 is 9.53 Å². The molecular formula is C8H7ClN4O2S. The Labute approximate surface area is 99.8 Å². The average Bonchev–Trinajstić information content (AvgIpc) is 2.73. The Hall–Kier alpha value is -1.34. The van der Waals surface area contributed by atoms with E-state index in [1.165, 1.54) is 25.2 Å². The van der Waals surface area contributed by atoms with E-state index in [1.54, 1.807) is 0 Å². The summed E-state index contributed by atoms with van der Waals surface area (Å²) >= 11 is 6.94. The van der Waals surface area contributed by atoms with E-state index in [2.05, 4.69) is 24.7 Å². The van der Waals surface area contributed by atoms with Crippen LogP contribution in [0.15, 0.2) is 11.4 Å². The summed E-state index contributed by atoms with van der Waals surface area (Å²) in [6.45, 7) is 0. The SMILES string of the molecule is COC(=O)CSc1nc(Cl)nc2nc[nH]c12. The van der Waals surface area contributed by atoms with Crippen LogP contribution < -0.4 is 0 Å². The van der Waals surface area contributed by atoms with Crippen molar-refractivity contribution >= 4 is 40.5 Å². The van der Waals surface area contributed by atoms with E-state index in [9.17, 15) is 4.79 Å². The minimum absolute atomic E-state index is 0.104. The number of carbonyl (C=O) groups excluding carboxylic acids is 1. The molecule has 2 aromatic rings. The number of rotatable bonds is 3. The molecule has 0 aromatic carbocycles. The fourth-order valence-corrected chi connectivity index (χ4v) is 2.10. The molecule has 1 N–H and O–H groups in total. The highest BCUT2D eigenvalue weighted by Crippen LogP contribution is 2.24. The van der Waals surface area contributed by atoms with E-state index in [0.717, 1.165) is 0 Å². The summed E-state index contributed by atoms with van der Waals surface area (Å²) in [5.74, 6) is -0.162. The molecule has 6 nitrogen and oxygen atoms in total. The summed E-state index contributed by atoms with van der Waals surface area (Å²) in [5.41, 5.74) is 1.14. The molecule has 0 radical (unpaired) electrons. The molecule has 2 rings (SSSR count). The van der Waals surface area contributed by atoms with Crippen molar-refractivity contribution in [2.24, 2.45) is 0 Å². The normalized spacial score (nSPS) is 10.6. The van der Waals surface area contributed by atoms with Crippen molar-refractivity contribution in [3.8, 4) is 0 Å². The number of halogens is 1. The van der Waals surface area contributed by atoms with Gasteiger partial charge in [0.05, 0.1) is 19.2 Å². The molecule has 8 heteroatoms. The fraction of sp³-hybridized carbons (Fsp3) is 0.250. The second-order valence-corrected chi connectivity index (χ2v) is 4.07. The molecule has 2 aromatic heterocycles. The maximum Gasteiger partial charge on any atom is 0.316 e. The maximum absolute atomic E-state index is 11.0. The van der Waals surface area contributed by atoms with Gasteiger partial charge in [-0.15, -0.1) is 0 Å². The van der Waals surface area contributed by atoms with Crippen LogP contribution in [0.25, 0.3) is 11.2 Å². The smallest absolute Gasteiger partial charge is 0.316 e. The number of carbonyl (C=O) groups is 1. The largest absolute Gasteiger partial charge is 0.468 e. The van der Waals surface area contributed by atoms with Gasteiger partial charge in [-0.1, -0.05) is 11.8 Å². The van der Waals surface area contributed by atoms with Crippen LogP contribution in [0, 0.1) is 0 Å². The number of esters is 1. The number of H-pyrrole nitrogens is 1. The summed E-state index contributed by atoms with van der Waals surface area (Å²) in [6.07, 6.45) is 1.50. The number of methoxy groups -OCH3 is 1. The second-order valence-electron chi connectivity index (χ2n) is 2.76. The van der Waals surface area contributed by atoms with Gasteiger partial charge < -0.3 is 9.72 Å². The van der Waals surface area contributed by atoms with E-state index in [0.29, 0.717) is 16.2 Å². The topological polar surface area (TPSA) is 80.8 Å². The quantitative estimate of drug-likeness (QED) is 0.386. The van der Waals surface area contributed by atoms with Crippen molar-refractivity contribution in [3.63, 3.8) is 0 Å². The lowest BCUT2D eigenvalue weighted by molar-refractivity contribution is -0.137. The lowest BCUT2D eigenvalue weighted by Gasteiger charge is -2.01. The molecule has 0 aliphatic rings. The molecule has 0 fully saturated rings. The van der Waals surface area contributed by atoms with E-state index in [1.807, 2.05) is 0 Å². The predicted octanol–water partition coefficient (Wildman–Crippen LogP) is 1.27. The number of ether oxygens (including phenoxy) is 1. The van der Waals surface area contributed by atoms with Gasteiger partial charge in [0.15, 0.2) is 5.65 Å². The fourth-order valence-electron chi connectivity index (χ4n) is 1.07. The number of hydrogen-bond acceptors (Lipinski definition) is 6. The minimum Gasteiger partial charge on any atom is -0.468 e. The van der Waals surface area contributed by atoms with Gasteiger partial charge in [-0.25, -0.2) is 9.97 Å². The standard InChI is InChI=1S/C8H7ClN4O2S/c1-15-4(14)2-16-7-5-6(11-3-10-5)12-8(9)13-7/h3H,2H2,1H3,(H,10,11,12,13). The number of thioether (sulfide) groups is 1. The molecule has 16 heavy (non-hydrogen) atoms. The van der Waals surface area contributed by atoms with Crippen LogP contribution in [0.5, 0.6) is 0 Å². The van der Waals surface area contributed by atoms with Gasteiger partial charge in [0.25, 0.3) is 0 Å². The van der Waals surface area contributed by atoms with Crippen LogP contribution in [0.3, 0.4) is 0 Å². The molecule has 0 amide bonds. The molecule has 0 saturated carbocycles. The van der Waals surface area contributed by atoms with Gasteiger partial charge in [-0.2, -0.15) is 4.98 Å². The minimum atomic E-state index is -0.326. The molecule has 0 aliphatic carbocycles. The highest BCUT2D eigenvalue weighted by atomic mass is 35.5. The van der Waals surface area contributed by atoms with Crippen molar-refractivity contribution in [2.75, 3.05) is 12.9 Å². The molecule has 84 valence electrons. The van der Waals surface area contributed by atoms with Gasteiger partial charge in [0.1, 0.15) is 10.5 Å². The van der Waals surface area contributed by atoms with Crippen LogP contribution in [-0.2, 0) is 9.53 Å². The van der Waals surface area contributed by atoms with Crippen LogP contribution in [-0.4, -0.2) is 38.8 Å². The van der Waals surface area contributed by atoms with Gasteiger partial charge in [-0.3, -0.25) is 4.79 Å². The van der Waals surface area contributed by atoms with Crippen LogP contribution >= 0.6 is 23.4 Å². The highest BCUT2D eigenvalue weighted by molar-refractivity contribution is 8.00. The Kier molecular flexibility index (Phi) is 3.25. The average molecular weight is 259 g/mol. The van der Waals surface area contributed by atoms with Gasteiger partial charge >= 0.3 is 5.97 Å². The number of fused-ring (bicyclic) bond motifs is 1. The zero-order valence-electron chi connectivity index (χ0n) is 8.23. The second kappa shape index (κ2) is 4.67. The lowest BCUT2D eigenvalue weighted by atomic mass is 10.6. The molecule has 0 aliphatic heterocycles. The van der Waals surface area contributed by atoms with Crippen molar-refractivity contribution in [3.05, 3.63) is 11.6 Å². The Morgan fingerprint density at radius 1 is 1.62 bits per heavy atom. The molecular weight excluding hydrogens is 252 g/mol. The molecule has 0 spiro atoms. The monoisotopic (exact) mass is 258 g/mol. The summed E-state index contributed by atoms with van der Waals surface area (Å²) in [4.78, 5) is 25.8. The first-order valence-corrected chi connectivity index (χ1v) is 5.63. The summed E-state index contributed by atoms with van der Waals surface area (Å²) in [5, 5.41) is 0.685. The Balaban J connectivity index is 2.28. The number of nitrogens with zero attached hydrogens (tertiary/aromatic N) is 3. The third kappa shape index (κ3) is 2.25. The highest BCUT2D eigenvalue weighted by Gasteiger charge is 2.11. The first kappa shape index (κ1) is 11.2. The van der Waals surface area contributed by atoms with Crippen molar-refractivity contribution in [2.45, 2.75) is 5.03 Å². The number of aromatic amines is 1. The Bertz CT molecular complexity index is 530. The molecule has 0 unspecified atom stereocenters. The van der Waals surface area contributed by atoms with E-state index < -0.39 is 0 Å². The van der Waals surface area contributed by atoms with Gasteiger partial charge in [0.2, 0.25) is 5.28 Å². The van der Waals surface area contributed by atoms with Crippen LogP contribution in [0.4, 0.5) is 0 Å². The predicted molar refractivity (Wildman–Crippen MR) is 59.4 cm³/mol. The van der Waals surface area contributed by atoms with E-state index >= 15 is 0 Å².